The van der Waals surface area contributed by atoms with Crippen LogP contribution in [0.3, 0.4) is 0 Å². The Hall–Kier alpha value is -2.55. The third-order valence-corrected chi connectivity index (χ3v) is 10.0. The van der Waals surface area contributed by atoms with Crippen LogP contribution in [0.5, 0.6) is 0 Å². The fraction of sp³-hybridized carbons (Fsp3) is 0.724. The summed E-state index contributed by atoms with van der Waals surface area (Å²) >= 11 is 0. The topological polar surface area (TPSA) is 111 Å². The molecule has 0 spiro atoms. The summed E-state index contributed by atoms with van der Waals surface area (Å²) in [6.45, 7) is 8.22. The SMILES string of the molecule is CCC(=O)OCC(=O)[C@]1(OC(=O)CC)[C@@H](C)C[C@H]2[C@@H]3CCC4=C/C(=N/OC)C=C[C@]4(C)[C@@]3(F)[C@@H](O)C[C@@]21C. The van der Waals surface area contributed by atoms with Gasteiger partial charge in [0.2, 0.25) is 5.78 Å². The number of ether oxygens (including phenoxy) is 2. The normalized spacial score (nSPS) is 42.4. The van der Waals surface area contributed by atoms with Crippen LogP contribution in [-0.2, 0) is 28.7 Å². The van der Waals surface area contributed by atoms with Crippen LogP contribution in [0.4, 0.5) is 4.39 Å². The molecule has 0 aromatic rings. The Morgan fingerprint density at radius 3 is 2.47 bits per heavy atom. The molecule has 38 heavy (non-hydrogen) atoms. The van der Waals surface area contributed by atoms with Gasteiger partial charge in [-0.2, -0.15) is 0 Å². The van der Waals surface area contributed by atoms with Crippen molar-refractivity contribution < 1.29 is 38.2 Å². The average Bonchev–Trinajstić information content (AvgIpc) is 3.10. The van der Waals surface area contributed by atoms with Crippen LogP contribution >= 0.6 is 0 Å². The number of carbonyl (C=O) groups is 3. The summed E-state index contributed by atoms with van der Waals surface area (Å²) in [6, 6.07) is 0. The molecule has 0 aromatic heterocycles. The van der Waals surface area contributed by atoms with E-state index >= 15 is 4.39 Å². The van der Waals surface area contributed by atoms with E-state index < -0.39 is 64.4 Å². The Balaban J connectivity index is 1.79. The van der Waals surface area contributed by atoms with E-state index in [1.165, 1.54) is 7.11 Å². The van der Waals surface area contributed by atoms with Gasteiger partial charge in [-0.25, -0.2) is 4.39 Å². The lowest BCUT2D eigenvalue weighted by Gasteiger charge is -2.62. The van der Waals surface area contributed by atoms with Crippen molar-refractivity contribution in [3.63, 3.8) is 0 Å². The first-order valence-corrected chi connectivity index (χ1v) is 13.6. The average molecular weight is 534 g/mol. The Morgan fingerprint density at radius 1 is 1.16 bits per heavy atom. The smallest absolute Gasteiger partial charge is 0.306 e. The number of oxime groups is 1. The molecule has 0 saturated heterocycles. The van der Waals surface area contributed by atoms with E-state index in [-0.39, 0.29) is 25.2 Å². The van der Waals surface area contributed by atoms with E-state index in [4.69, 9.17) is 14.3 Å². The summed E-state index contributed by atoms with van der Waals surface area (Å²) in [5.74, 6) is -2.99. The minimum atomic E-state index is -2.00. The van der Waals surface area contributed by atoms with Crippen LogP contribution in [-0.4, -0.2) is 59.6 Å². The van der Waals surface area contributed by atoms with Crippen molar-refractivity contribution in [3.05, 3.63) is 23.8 Å². The zero-order valence-electron chi connectivity index (χ0n) is 23.2. The van der Waals surface area contributed by atoms with Crippen molar-refractivity contribution >= 4 is 23.4 Å². The van der Waals surface area contributed by atoms with Gasteiger partial charge in [-0.3, -0.25) is 14.4 Å². The number of aliphatic hydroxyl groups is 1. The maximum atomic E-state index is 17.6. The predicted molar refractivity (Wildman–Crippen MR) is 138 cm³/mol. The number of fused-ring (bicyclic) bond motifs is 5. The molecule has 0 unspecified atom stereocenters. The lowest BCUT2D eigenvalue weighted by atomic mass is 9.44. The third-order valence-electron chi connectivity index (χ3n) is 10.0. The first-order valence-electron chi connectivity index (χ1n) is 13.6. The molecule has 0 bridgehead atoms. The van der Waals surface area contributed by atoms with E-state index in [1.54, 1.807) is 26.0 Å². The number of ketones is 1. The first-order chi connectivity index (χ1) is 17.8. The number of halogens is 1. The van der Waals surface area contributed by atoms with Crippen molar-refractivity contribution in [1.82, 2.24) is 0 Å². The molecule has 210 valence electrons. The summed E-state index contributed by atoms with van der Waals surface area (Å²) in [5, 5.41) is 15.7. The summed E-state index contributed by atoms with van der Waals surface area (Å²) in [4.78, 5) is 43.4. The molecule has 8 nitrogen and oxygen atoms in total. The molecule has 3 saturated carbocycles. The molecule has 4 aliphatic carbocycles. The number of rotatable bonds is 7. The van der Waals surface area contributed by atoms with Crippen LogP contribution in [0.2, 0.25) is 0 Å². The number of Topliss-reactive ketones (excluding diaryl/α,β-unsaturated/α-hetero) is 1. The molecule has 0 aromatic carbocycles. The van der Waals surface area contributed by atoms with Gasteiger partial charge in [0.05, 0.1) is 6.10 Å². The lowest BCUT2D eigenvalue weighted by molar-refractivity contribution is -0.228. The third kappa shape index (κ3) is 3.79. The van der Waals surface area contributed by atoms with Crippen LogP contribution in [0, 0.1) is 28.6 Å². The molecule has 9 heteroatoms. The highest BCUT2D eigenvalue weighted by Gasteiger charge is 2.77. The standard InChI is InChI=1S/C29H40FNO7/c1-7-24(34)37-16-23(33)29(38-25(35)8-2)17(3)13-21-20-10-9-18-14-19(31-36-6)11-12-26(18,4)28(20,30)22(32)15-27(21,29)5/h11-12,14,17,20-22,32H,7-10,13,15-16H2,1-6H3/b31-19+/t17-,20-,21-,22-,26-,27-,28-,29+/m0/s1. The number of aliphatic hydroxyl groups excluding tert-OH is 1. The lowest BCUT2D eigenvalue weighted by Crippen LogP contribution is -2.70. The Kier molecular flexibility index (Phi) is 7.40. The van der Waals surface area contributed by atoms with Crippen molar-refractivity contribution in [2.75, 3.05) is 13.7 Å². The van der Waals surface area contributed by atoms with Gasteiger partial charge in [-0.05, 0) is 50.7 Å². The van der Waals surface area contributed by atoms with E-state index in [0.29, 0.717) is 25.0 Å². The van der Waals surface area contributed by atoms with Crippen molar-refractivity contribution in [1.29, 1.82) is 0 Å². The fourth-order valence-electron chi connectivity index (χ4n) is 8.18. The molecule has 0 radical (unpaired) electrons. The molecular weight excluding hydrogens is 493 g/mol. The second-order valence-corrected chi connectivity index (χ2v) is 11.7. The number of hydrogen-bond donors (Lipinski definition) is 1. The molecule has 0 heterocycles. The molecular formula is C29H40FNO7. The fourth-order valence-corrected chi connectivity index (χ4v) is 8.18. The summed E-state index contributed by atoms with van der Waals surface area (Å²) < 4.78 is 28.8. The largest absolute Gasteiger partial charge is 0.457 e. The molecule has 4 rings (SSSR count). The molecule has 0 amide bonds. The number of allylic oxidation sites excluding steroid dienone is 4. The minimum Gasteiger partial charge on any atom is -0.457 e. The summed E-state index contributed by atoms with van der Waals surface area (Å²) in [7, 11) is 1.45. The molecule has 8 atom stereocenters. The second kappa shape index (κ2) is 9.88. The van der Waals surface area contributed by atoms with E-state index in [1.807, 2.05) is 26.8 Å². The highest BCUT2D eigenvalue weighted by molar-refractivity contribution is 6.05. The maximum absolute atomic E-state index is 17.6. The second-order valence-electron chi connectivity index (χ2n) is 11.7. The van der Waals surface area contributed by atoms with Crippen molar-refractivity contribution in [2.24, 2.45) is 33.7 Å². The minimum absolute atomic E-state index is 0.0542. The van der Waals surface area contributed by atoms with Crippen LogP contribution < -0.4 is 0 Å². The van der Waals surface area contributed by atoms with Gasteiger partial charge in [0.1, 0.15) is 12.8 Å². The van der Waals surface area contributed by atoms with Crippen LogP contribution in [0.25, 0.3) is 0 Å². The van der Waals surface area contributed by atoms with Gasteiger partial charge in [0.15, 0.2) is 17.9 Å². The van der Waals surface area contributed by atoms with E-state index in [0.717, 1.165) is 5.57 Å². The van der Waals surface area contributed by atoms with Crippen molar-refractivity contribution in [2.45, 2.75) is 90.5 Å². The number of nitrogens with zero attached hydrogens (tertiary/aromatic N) is 1. The molecule has 4 aliphatic rings. The first kappa shape index (κ1) is 28.5. The van der Waals surface area contributed by atoms with E-state index in [2.05, 4.69) is 5.16 Å². The highest BCUT2D eigenvalue weighted by Crippen LogP contribution is 2.71. The van der Waals surface area contributed by atoms with Gasteiger partial charge in [0, 0.05) is 35.5 Å². The van der Waals surface area contributed by atoms with Gasteiger partial charge in [-0.15, -0.1) is 0 Å². The van der Waals surface area contributed by atoms with Gasteiger partial charge in [0.25, 0.3) is 0 Å². The van der Waals surface area contributed by atoms with Gasteiger partial charge < -0.3 is 19.4 Å². The molecule has 0 aliphatic heterocycles. The van der Waals surface area contributed by atoms with Crippen molar-refractivity contribution in [3.8, 4) is 0 Å². The summed E-state index contributed by atoms with van der Waals surface area (Å²) in [6.07, 6.45) is 5.48. The zero-order chi connectivity index (χ0) is 28.1. The zero-order valence-corrected chi connectivity index (χ0v) is 23.2. The highest BCUT2D eigenvalue weighted by atomic mass is 19.1. The van der Waals surface area contributed by atoms with Crippen LogP contribution in [0.1, 0.15) is 73.1 Å². The van der Waals surface area contributed by atoms with Crippen LogP contribution in [0.15, 0.2) is 29.0 Å². The maximum Gasteiger partial charge on any atom is 0.306 e. The predicted octanol–water partition coefficient (Wildman–Crippen LogP) is 4.25. The monoisotopic (exact) mass is 533 g/mol. The quantitative estimate of drug-likeness (QED) is 0.385. The molecule has 3 fully saturated rings. The number of esters is 2. The van der Waals surface area contributed by atoms with E-state index in [9.17, 15) is 19.5 Å². The number of alkyl halides is 1. The Labute approximate surface area is 223 Å². The Bertz CT molecular complexity index is 1100. The van der Waals surface area contributed by atoms with Gasteiger partial charge >= 0.3 is 11.9 Å². The summed E-state index contributed by atoms with van der Waals surface area (Å²) in [5.41, 5.74) is -4.33. The van der Waals surface area contributed by atoms with Gasteiger partial charge in [-0.1, -0.05) is 44.5 Å². The number of hydrogen-bond acceptors (Lipinski definition) is 8. The Morgan fingerprint density at radius 2 is 1.84 bits per heavy atom. The number of carbonyl (C=O) groups excluding carboxylic acids is 3. The molecule has 1 N–H and O–H groups in total.